The van der Waals surface area contributed by atoms with Crippen LogP contribution in [0.1, 0.15) is 51.4 Å². The molecule has 6 heteroatoms. The van der Waals surface area contributed by atoms with E-state index in [1.54, 1.807) is 11.8 Å². The van der Waals surface area contributed by atoms with Gasteiger partial charge in [0, 0.05) is 6.54 Å². The van der Waals surface area contributed by atoms with Gasteiger partial charge in [0.1, 0.15) is 5.41 Å². The molecule has 1 saturated carbocycles. The van der Waals surface area contributed by atoms with Crippen LogP contribution in [0.25, 0.3) is 0 Å². The fourth-order valence-electron chi connectivity index (χ4n) is 3.22. The third kappa shape index (κ3) is 3.42. The van der Waals surface area contributed by atoms with E-state index in [9.17, 15) is 14.4 Å². The van der Waals surface area contributed by atoms with Crippen LogP contribution in [-0.4, -0.2) is 41.3 Å². The largest absolute Gasteiger partial charge is 0.330 e. The Hall–Kier alpha value is -1.04. The summed E-state index contributed by atoms with van der Waals surface area (Å²) in [5, 5.41) is 2.41. The van der Waals surface area contributed by atoms with Gasteiger partial charge in [0.15, 0.2) is 0 Å². The number of nitrogens with zero attached hydrogens (tertiary/aromatic N) is 1. The van der Waals surface area contributed by atoms with E-state index in [0.717, 1.165) is 44.3 Å². The fourth-order valence-corrected chi connectivity index (χ4v) is 3.72. The molecule has 0 unspecified atom stereocenters. The van der Waals surface area contributed by atoms with Crippen LogP contribution in [0.5, 0.6) is 0 Å². The summed E-state index contributed by atoms with van der Waals surface area (Å²) in [5.41, 5.74) is -0.982. The molecule has 21 heavy (non-hydrogen) atoms. The number of hydrogen-bond donors (Lipinski definition) is 1. The minimum atomic E-state index is -0.982. The van der Waals surface area contributed by atoms with Crippen LogP contribution in [0.4, 0.5) is 4.79 Å². The second-order valence-corrected chi connectivity index (χ2v) is 6.90. The van der Waals surface area contributed by atoms with Crippen molar-refractivity contribution in [1.29, 1.82) is 0 Å². The van der Waals surface area contributed by atoms with E-state index in [1.165, 1.54) is 4.90 Å². The van der Waals surface area contributed by atoms with Crippen LogP contribution >= 0.6 is 11.8 Å². The number of carbonyl (C=O) groups is 3. The van der Waals surface area contributed by atoms with E-state index in [4.69, 9.17) is 0 Å². The van der Waals surface area contributed by atoms with Crippen molar-refractivity contribution in [2.24, 2.45) is 5.41 Å². The van der Waals surface area contributed by atoms with Crippen molar-refractivity contribution in [1.82, 2.24) is 10.2 Å². The molecule has 2 rings (SSSR count). The van der Waals surface area contributed by atoms with Crippen molar-refractivity contribution in [2.45, 2.75) is 51.4 Å². The summed E-state index contributed by atoms with van der Waals surface area (Å²) in [6.45, 7) is 0.417. The first-order valence-electron chi connectivity index (χ1n) is 7.78. The summed E-state index contributed by atoms with van der Waals surface area (Å²) in [7, 11) is 0. The lowest BCUT2D eigenvalue weighted by Crippen LogP contribution is -2.63. The topological polar surface area (TPSA) is 66.5 Å². The lowest BCUT2D eigenvalue weighted by Gasteiger charge is -2.38. The Kier molecular flexibility index (Phi) is 5.67. The summed E-state index contributed by atoms with van der Waals surface area (Å²) in [6.07, 6.45) is 8.84. The van der Waals surface area contributed by atoms with Crippen LogP contribution in [0.3, 0.4) is 0 Å². The number of carbonyl (C=O) groups excluding carboxylic acids is 3. The first-order chi connectivity index (χ1) is 10.1. The van der Waals surface area contributed by atoms with Crippen molar-refractivity contribution in [2.75, 3.05) is 18.6 Å². The molecule has 0 aromatic rings. The summed E-state index contributed by atoms with van der Waals surface area (Å²) >= 11 is 1.76. The van der Waals surface area contributed by atoms with Crippen molar-refractivity contribution in [3.05, 3.63) is 0 Å². The number of amides is 4. The molecular weight excluding hydrogens is 288 g/mol. The van der Waals surface area contributed by atoms with Crippen LogP contribution < -0.4 is 5.32 Å². The minimum Gasteiger partial charge on any atom is -0.277 e. The molecule has 118 valence electrons. The fraction of sp³-hybridized carbons (Fsp3) is 0.800. The predicted octanol–water partition coefficient (Wildman–Crippen LogP) is 2.55. The Morgan fingerprint density at radius 3 is 2.38 bits per heavy atom. The third-order valence-corrected chi connectivity index (χ3v) is 5.19. The van der Waals surface area contributed by atoms with Crippen LogP contribution in [0.15, 0.2) is 0 Å². The number of unbranched alkanes of at least 4 members (excludes halogenated alkanes) is 1. The standard InChI is InChI=1S/C15H24N2O3S/c1-21-11-7-6-10-17-13(19)15(12(18)16-14(17)20)8-4-2-3-5-9-15/h2-11H2,1H3,(H,16,18,20). The molecule has 0 aromatic heterocycles. The zero-order chi connectivity index (χ0) is 15.3. The summed E-state index contributed by atoms with van der Waals surface area (Å²) < 4.78 is 0. The molecule has 1 N–H and O–H groups in total. The van der Waals surface area contributed by atoms with Gasteiger partial charge in [-0.15, -0.1) is 0 Å². The van der Waals surface area contributed by atoms with Crippen LogP contribution in [-0.2, 0) is 9.59 Å². The Labute approximate surface area is 130 Å². The minimum absolute atomic E-state index is 0.262. The van der Waals surface area contributed by atoms with E-state index in [0.29, 0.717) is 19.4 Å². The lowest BCUT2D eigenvalue weighted by molar-refractivity contribution is -0.152. The maximum atomic E-state index is 12.8. The maximum absolute atomic E-state index is 12.8. The molecule has 0 aromatic carbocycles. The van der Waals surface area contributed by atoms with Gasteiger partial charge in [-0.25, -0.2) is 4.79 Å². The highest BCUT2D eigenvalue weighted by molar-refractivity contribution is 7.98. The molecule has 0 atom stereocenters. The van der Waals surface area contributed by atoms with Gasteiger partial charge in [-0.3, -0.25) is 19.8 Å². The molecule has 2 aliphatic rings. The summed E-state index contributed by atoms with van der Waals surface area (Å²) in [6, 6.07) is -0.538. The van der Waals surface area contributed by atoms with Crippen molar-refractivity contribution < 1.29 is 14.4 Å². The third-order valence-electron chi connectivity index (χ3n) is 4.49. The number of barbiturate groups is 1. The van der Waals surface area contributed by atoms with Gasteiger partial charge < -0.3 is 0 Å². The number of imide groups is 2. The first-order valence-corrected chi connectivity index (χ1v) is 9.17. The van der Waals surface area contributed by atoms with E-state index in [1.807, 2.05) is 6.26 Å². The quantitative estimate of drug-likeness (QED) is 0.626. The smallest absolute Gasteiger partial charge is 0.277 e. The molecule has 1 spiro atoms. The van der Waals surface area contributed by atoms with E-state index in [2.05, 4.69) is 5.32 Å². The van der Waals surface area contributed by atoms with E-state index < -0.39 is 11.4 Å². The molecule has 1 heterocycles. The summed E-state index contributed by atoms with van der Waals surface area (Å²) in [5.74, 6) is 0.385. The van der Waals surface area contributed by atoms with Gasteiger partial charge >= 0.3 is 6.03 Å². The van der Waals surface area contributed by atoms with Crippen molar-refractivity contribution in [3.63, 3.8) is 0 Å². The Morgan fingerprint density at radius 1 is 1.10 bits per heavy atom. The van der Waals surface area contributed by atoms with Crippen LogP contribution in [0.2, 0.25) is 0 Å². The van der Waals surface area contributed by atoms with Gasteiger partial charge in [0.25, 0.3) is 0 Å². The molecule has 0 bridgehead atoms. The Balaban J connectivity index is 2.09. The first kappa shape index (κ1) is 16.3. The molecule has 0 radical (unpaired) electrons. The van der Waals surface area contributed by atoms with Crippen molar-refractivity contribution >= 4 is 29.6 Å². The molecular formula is C15H24N2O3S. The highest BCUT2D eigenvalue weighted by atomic mass is 32.2. The second kappa shape index (κ2) is 7.29. The molecule has 1 saturated heterocycles. The number of urea groups is 1. The van der Waals surface area contributed by atoms with Gasteiger partial charge in [-0.1, -0.05) is 25.7 Å². The predicted molar refractivity (Wildman–Crippen MR) is 83.0 cm³/mol. The molecule has 4 amide bonds. The lowest BCUT2D eigenvalue weighted by atomic mass is 9.77. The van der Waals surface area contributed by atoms with Gasteiger partial charge in [-0.05, 0) is 37.7 Å². The monoisotopic (exact) mass is 312 g/mol. The van der Waals surface area contributed by atoms with Gasteiger partial charge in [0.2, 0.25) is 11.8 Å². The van der Waals surface area contributed by atoms with E-state index in [-0.39, 0.29) is 11.8 Å². The average Bonchev–Trinajstić information content (AvgIpc) is 2.72. The van der Waals surface area contributed by atoms with Crippen molar-refractivity contribution in [3.8, 4) is 0 Å². The molecule has 1 aliphatic carbocycles. The Bertz CT molecular complexity index is 417. The van der Waals surface area contributed by atoms with Gasteiger partial charge in [0.05, 0.1) is 0 Å². The SMILES string of the molecule is CSCCCCN1C(=O)NC(=O)C2(CCCCCC2)C1=O. The van der Waals surface area contributed by atoms with E-state index >= 15 is 0 Å². The maximum Gasteiger partial charge on any atom is 0.330 e. The average molecular weight is 312 g/mol. The highest BCUT2D eigenvalue weighted by Gasteiger charge is 2.52. The highest BCUT2D eigenvalue weighted by Crippen LogP contribution is 2.39. The second-order valence-electron chi connectivity index (χ2n) is 5.91. The van der Waals surface area contributed by atoms with Gasteiger partial charge in [-0.2, -0.15) is 11.8 Å². The molecule has 1 aliphatic heterocycles. The Morgan fingerprint density at radius 2 is 1.76 bits per heavy atom. The summed E-state index contributed by atoms with van der Waals surface area (Å²) in [4.78, 5) is 38.3. The number of rotatable bonds is 5. The van der Waals surface area contributed by atoms with Crippen LogP contribution in [0, 0.1) is 5.41 Å². The zero-order valence-electron chi connectivity index (χ0n) is 12.7. The number of nitrogens with one attached hydrogen (secondary N) is 1. The zero-order valence-corrected chi connectivity index (χ0v) is 13.5. The molecule has 2 fully saturated rings. The molecule has 5 nitrogen and oxygen atoms in total. The number of thioether (sulfide) groups is 1. The normalized spacial score (nSPS) is 22.3. The number of hydrogen-bond acceptors (Lipinski definition) is 4.